The monoisotopic (exact) mass is 585 g/mol. The largest absolute Gasteiger partial charge is 0.226 e. The highest BCUT2D eigenvalue weighted by Gasteiger charge is 2.57. The van der Waals surface area contributed by atoms with Crippen LogP contribution in [0, 0.1) is 5.92 Å². The smallest absolute Gasteiger partial charge is 0.208 e. The Labute approximate surface area is 262 Å². The third-order valence-electron chi connectivity index (χ3n) is 9.81. The zero-order valence-corrected chi connectivity index (χ0v) is 24.7. The summed E-state index contributed by atoms with van der Waals surface area (Å²) < 4.78 is 0. The van der Waals surface area contributed by atoms with E-state index in [1.165, 1.54) is 44.5 Å². The fourth-order valence-corrected chi connectivity index (χ4v) is 8.24. The maximum absolute atomic E-state index is 6.64. The molecule has 1 aromatic heterocycles. The van der Waals surface area contributed by atoms with Crippen molar-refractivity contribution in [2.75, 3.05) is 0 Å². The molecular weight excluding hydrogens is 558 g/mol. The Bertz CT molecular complexity index is 2100. The Morgan fingerprint density at radius 2 is 1.36 bits per heavy atom. The van der Waals surface area contributed by atoms with Crippen LogP contribution in [0.4, 0.5) is 0 Å². The molecule has 0 amide bonds. The quantitative estimate of drug-likeness (QED) is 0.211. The Hall–Kier alpha value is -4.86. The molecular formula is C40H28ClN3. The van der Waals surface area contributed by atoms with E-state index in [9.17, 15) is 0 Å². The lowest BCUT2D eigenvalue weighted by molar-refractivity contribution is 0.465. The Morgan fingerprint density at radius 1 is 0.636 bits per heavy atom. The van der Waals surface area contributed by atoms with Gasteiger partial charge >= 0.3 is 0 Å². The normalized spacial score (nSPS) is 22.0. The molecule has 210 valence electrons. The van der Waals surface area contributed by atoms with Gasteiger partial charge in [0.1, 0.15) is 0 Å². The Kier molecular flexibility index (Phi) is 5.73. The predicted molar refractivity (Wildman–Crippen MR) is 178 cm³/mol. The van der Waals surface area contributed by atoms with Gasteiger partial charge in [-0.2, -0.15) is 9.97 Å². The number of nitrogens with zero attached hydrogens (tertiary/aromatic N) is 3. The van der Waals surface area contributed by atoms with Crippen molar-refractivity contribution >= 4 is 17.2 Å². The third-order valence-corrected chi connectivity index (χ3v) is 9.98. The first-order valence-electron chi connectivity index (χ1n) is 15.3. The van der Waals surface area contributed by atoms with Crippen LogP contribution in [0.3, 0.4) is 0 Å². The first kappa shape index (κ1) is 25.6. The van der Waals surface area contributed by atoms with Gasteiger partial charge in [-0.3, -0.25) is 0 Å². The molecule has 0 aliphatic heterocycles. The molecule has 1 heterocycles. The van der Waals surface area contributed by atoms with E-state index in [4.69, 9.17) is 21.6 Å². The summed E-state index contributed by atoms with van der Waals surface area (Å²) in [5.41, 5.74) is 11.9. The number of aromatic nitrogens is 3. The van der Waals surface area contributed by atoms with Gasteiger partial charge in [0.05, 0.1) is 5.41 Å². The van der Waals surface area contributed by atoms with Gasteiger partial charge in [-0.05, 0) is 69.0 Å². The maximum Gasteiger partial charge on any atom is 0.226 e. The Balaban J connectivity index is 1.23. The fourth-order valence-electron chi connectivity index (χ4n) is 8.08. The van der Waals surface area contributed by atoms with Crippen molar-refractivity contribution in [3.05, 3.63) is 167 Å². The summed E-state index contributed by atoms with van der Waals surface area (Å²) >= 11 is 6.64. The van der Waals surface area contributed by atoms with Gasteiger partial charge in [0.15, 0.2) is 11.6 Å². The molecule has 0 bridgehead atoms. The van der Waals surface area contributed by atoms with E-state index in [1.807, 2.05) is 0 Å². The van der Waals surface area contributed by atoms with Crippen LogP contribution in [0.1, 0.15) is 46.6 Å². The first-order chi connectivity index (χ1) is 21.7. The summed E-state index contributed by atoms with van der Waals surface area (Å²) in [5.74, 6) is 1.75. The molecule has 9 rings (SSSR count). The molecule has 3 unspecified atom stereocenters. The lowest BCUT2D eigenvalue weighted by atomic mass is 9.65. The zero-order valence-electron chi connectivity index (χ0n) is 24.0. The minimum Gasteiger partial charge on any atom is -0.208 e. The molecule has 1 spiro atoms. The molecule has 0 fully saturated rings. The fraction of sp³-hybridized carbons (Fsp3) is 0.125. The van der Waals surface area contributed by atoms with Crippen LogP contribution >= 0.6 is 11.6 Å². The molecule has 4 aliphatic carbocycles. The molecule has 4 aromatic carbocycles. The van der Waals surface area contributed by atoms with Crippen LogP contribution in [-0.4, -0.2) is 15.0 Å². The lowest BCUT2D eigenvalue weighted by Crippen LogP contribution is -2.32. The van der Waals surface area contributed by atoms with E-state index in [1.54, 1.807) is 0 Å². The molecule has 0 saturated carbocycles. The molecule has 0 radical (unpaired) electrons. The van der Waals surface area contributed by atoms with Crippen molar-refractivity contribution in [3.63, 3.8) is 0 Å². The first-order valence-corrected chi connectivity index (χ1v) is 15.7. The molecule has 0 N–H and O–H groups in total. The average molecular weight is 586 g/mol. The van der Waals surface area contributed by atoms with Crippen LogP contribution in [0.2, 0.25) is 5.28 Å². The summed E-state index contributed by atoms with van der Waals surface area (Å²) in [7, 11) is 0. The summed E-state index contributed by atoms with van der Waals surface area (Å²) in [6.07, 6.45) is 18.1. The van der Waals surface area contributed by atoms with Crippen LogP contribution < -0.4 is 0 Å². The van der Waals surface area contributed by atoms with E-state index in [-0.39, 0.29) is 16.6 Å². The van der Waals surface area contributed by atoms with Crippen molar-refractivity contribution in [1.29, 1.82) is 0 Å². The summed E-state index contributed by atoms with van der Waals surface area (Å²) in [4.78, 5) is 14.3. The van der Waals surface area contributed by atoms with Crippen LogP contribution in [-0.2, 0) is 5.41 Å². The average Bonchev–Trinajstić information content (AvgIpc) is 3.56. The minimum atomic E-state index is -0.303. The summed E-state index contributed by atoms with van der Waals surface area (Å²) in [6, 6.07) is 32.9. The van der Waals surface area contributed by atoms with Crippen molar-refractivity contribution < 1.29 is 0 Å². The maximum atomic E-state index is 6.64. The molecule has 4 heteroatoms. The van der Waals surface area contributed by atoms with Gasteiger partial charge in [0, 0.05) is 23.0 Å². The van der Waals surface area contributed by atoms with Gasteiger partial charge in [0.2, 0.25) is 5.28 Å². The van der Waals surface area contributed by atoms with Crippen LogP contribution in [0.15, 0.2) is 134 Å². The Morgan fingerprint density at radius 3 is 2.23 bits per heavy atom. The zero-order chi connectivity index (χ0) is 29.3. The van der Waals surface area contributed by atoms with Crippen molar-refractivity contribution in [1.82, 2.24) is 15.0 Å². The van der Waals surface area contributed by atoms with Gasteiger partial charge in [-0.15, -0.1) is 0 Å². The molecule has 0 saturated heterocycles. The van der Waals surface area contributed by atoms with Crippen molar-refractivity contribution in [2.24, 2.45) is 5.92 Å². The number of hydrogen-bond donors (Lipinski definition) is 0. The second-order valence-corrected chi connectivity index (χ2v) is 12.3. The van der Waals surface area contributed by atoms with Gasteiger partial charge in [-0.1, -0.05) is 134 Å². The number of fused-ring (bicyclic) bond motifs is 10. The number of rotatable bonds is 3. The van der Waals surface area contributed by atoms with Gasteiger partial charge in [0.25, 0.3) is 0 Å². The molecule has 3 nitrogen and oxygen atoms in total. The number of benzene rings is 4. The molecule has 44 heavy (non-hydrogen) atoms. The lowest BCUT2D eigenvalue weighted by Gasteiger charge is -2.36. The number of hydrogen-bond acceptors (Lipinski definition) is 3. The van der Waals surface area contributed by atoms with Gasteiger partial charge in [-0.25, -0.2) is 4.98 Å². The minimum absolute atomic E-state index is 0.192. The SMILES string of the molecule is Clc1nc(-c2ccc(C3=CCCC=C3)cc2)nc(-c2cccc3c2-c2ccccc2C32c3ccccc3C3C=CC=CC32)n1. The van der Waals surface area contributed by atoms with E-state index in [0.717, 1.165) is 24.0 Å². The highest BCUT2D eigenvalue weighted by atomic mass is 35.5. The topological polar surface area (TPSA) is 38.7 Å². The molecule has 4 aliphatic rings. The number of halogens is 1. The highest BCUT2D eigenvalue weighted by Crippen LogP contribution is 2.66. The van der Waals surface area contributed by atoms with E-state index < -0.39 is 0 Å². The predicted octanol–water partition coefficient (Wildman–Crippen LogP) is 9.75. The van der Waals surface area contributed by atoms with Crippen LogP contribution in [0.25, 0.3) is 39.5 Å². The molecule has 3 atom stereocenters. The van der Waals surface area contributed by atoms with Crippen molar-refractivity contribution in [3.8, 4) is 33.9 Å². The number of allylic oxidation sites excluding steroid dienone is 8. The van der Waals surface area contributed by atoms with Crippen molar-refractivity contribution in [2.45, 2.75) is 24.2 Å². The second-order valence-electron chi connectivity index (χ2n) is 12.0. The van der Waals surface area contributed by atoms with Gasteiger partial charge < -0.3 is 0 Å². The van der Waals surface area contributed by atoms with Crippen LogP contribution in [0.5, 0.6) is 0 Å². The van der Waals surface area contributed by atoms with E-state index in [2.05, 4.69) is 139 Å². The standard InChI is InChI=1S/C40H28ClN3/c41-39-43-37(27-23-21-26(22-24-27)25-11-2-1-3-12-25)42-38(44-39)31-16-10-20-35-36(31)30-15-6-9-19-34(30)40(35)32-17-7-4-13-28(32)29-14-5-8-18-33(29)40/h2,4-24,28,32H,1,3H2. The summed E-state index contributed by atoms with van der Waals surface area (Å²) in [6.45, 7) is 0. The van der Waals surface area contributed by atoms with E-state index >= 15 is 0 Å². The third kappa shape index (κ3) is 3.60. The second kappa shape index (κ2) is 9.83. The van der Waals surface area contributed by atoms with E-state index in [0.29, 0.717) is 17.6 Å². The summed E-state index contributed by atoms with van der Waals surface area (Å²) in [5, 5.41) is 0.192. The highest BCUT2D eigenvalue weighted by molar-refractivity contribution is 6.28. The molecule has 5 aromatic rings.